The maximum atomic E-state index is 5.61. The average Bonchev–Trinajstić information content (AvgIpc) is 2.61. The van der Waals surface area contributed by atoms with Gasteiger partial charge in [-0.15, -0.1) is 5.10 Å². The van der Waals surface area contributed by atoms with Gasteiger partial charge in [0.25, 0.3) is 0 Å². The molecule has 0 radical (unpaired) electrons. The summed E-state index contributed by atoms with van der Waals surface area (Å²) in [4.78, 5) is 0. The summed E-state index contributed by atoms with van der Waals surface area (Å²) in [6.45, 7) is 8.82. The Balaban J connectivity index is 2.73. The van der Waals surface area contributed by atoms with E-state index < -0.39 is 0 Å². The van der Waals surface area contributed by atoms with E-state index in [0.717, 1.165) is 24.5 Å². The third kappa shape index (κ3) is 3.00. The Bertz CT molecular complexity index is 296. The van der Waals surface area contributed by atoms with Gasteiger partial charge in [-0.3, -0.25) is 0 Å². The predicted molar refractivity (Wildman–Crippen MR) is 58.5 cm³/mol. The van der Waals surface area contributed by atoms with Crippen LogP contribution >= 0.6 is 0 Å². The Morgan fingerprint density at radius 2 is 2.20 bits per heavy atom. The van der Waals surface area contributed by atoms with Gasteiger partial charge in [-0.05, 0) is 12.8 Å². The van der Waals surface area contributed by atoms with E-state index in [1.807, 2.05) is 11.6 Å². The number of hydrogen-bond acceptors (Lipinski definition) is 4. The van der Waals surface area contributed by atoms with Gasteiger partial charge in [0.2, 0.25) is 0 Å². The molecule has 0 saturated carbocycles. The molecule has 0 spiro atoms. The van der Waals surface area contributed by atoms with Gasteiger partial charge >= 0.3 is 0 Å². The molecular formula is C10H20N4O. The molecule has 1 aromatic rings. The second-order valence-electron chi connectivity index (χ2n) is 3.70. The standard InChI is InChI=1S/C10H20N4O/c1-4-15-6-5-14-10(8(2)3)9(7-11)12-13-14/h8H,4-7,11H2,1-3H3. The molecule has 0 fully saturated rings. The van der Waals surface area contributed by atoms with Crippen molar-refractivity contribution in [2.75, 3.05) is 13.2 Å². The summed E-state index contributed by atoms with van der Waals surface area (Å²) >= 11 is 0. The lowest BCUT2D eigenvalue weighted by molar-refractivity contribution is 0.135. The molecule has 0 aromatic carbocycles. The second-order valence-corrected chi connectivity index (χ2v) is 3.70. The molecule has 86 valence electrons. The van der Waals surface area contributed by atoms with E-state index in [9.17, 15) is 0 Å². The fourth-order valence-corrected chi connectivity index (χ4v) is 1.59. The zero-order valence-electron chi connectivity index (χ0n) is 9.73. The van der Waals surface area contributed by atoms with Crippen LogP contribution in [0.25, 0.3) is 0 Å². The summed E-state index contributed by atoms with van der Waals surface area (Å²) in [5.74, 6) is 0.389. The van der Waals surface area contributed by atoms with Gasteiger partial charge in [-0.25, -0.2) is 4.68 Å². The average molecular weight is 212 g/mol. The van der Waals surface area contributed by atoms with Gasteiger partial charge in [0.05, 0.1) is 24.5 Å². The van der Waals surface area contributed by atoms with E-state index in [0.29, 0.717) is 19.1 Å². The third-order valence-electron chi connectivity index (χ3n) is 2.24. The summed E-state index contributed by atoms with van der Waals surface area (Å²) in [7, 11) is 0. The minimum Gasteiger partial charge on any atom is -0.380 e. The molecule has 0 aliphatic heterocycles. The highest BCUT2D eigenvalue weighted by atomic mass is 16.5. The van der Waals surface area contributed by atoms with Crippen LogP contribution in [0.1, 0.15) is 38.1 Å². The molecule has 0 aliphatic carbocycles. The second kappa shape index (κ2) is 5.82. The van der Waals surface area contributed by atoms with E-state index in [1.165, 1.54) is 0 Å². The molecule has 0 saturated heterocycles. The van der Waals surface area contributed by atoms with Crippen molar-refractivity contribution in [3.63, 3.8) is 0 Å². The van der Waals surface area contributed by atoms with Crippen LogP contribution < -0.4 is 5.73 Å². The first-order valence-electron chi connectivity index (χ1n) is 5.40. The van der Waals surface area contributed by atoms with Crippen LogP contribution in [0.5, 0.6) is 0 Å². The lowest BCUT2D eigenvalue weighted by Crippen LogP contribution is -2.13. The minimum absolute atomic E-state index is 0.389. The van der Waals surface area contributed by atoms with Crippen LogP contribution in [0.2, 0.25) is 0 Å². The number of nitrogens with zero attached hydrogens (tertiary/aromatic N) is 3. The van der Waals surface area contributed by atoms with E-state index in [4.69, 9.17) is 10.5 Å². The van der Waals surface area contributed by atoms with Gasteiger partial charge < -0.3 is 10.5 Å². The number of hydrogen-bond donors (Lipinski definition) is 1. The highest BCUT2D eigenvalue weighted by molar-refractivity contribution is 5.13. The van der Waals surface area contributed by atoms with Crippen molar-refractivity contribution in [1.29, 1.82) is 0 Å². The molecule has 0 unspecified atom stereocenters. The molecule has 1 heterocycles. The van der Waals surface area contributed by atoms with Crippen LogP contribution in [0, 0.1) is 0 Å². The first-order chi connectivity index (χ1) is 7.20. The van der Waals surface area contributed by atoms with Gasteiger partial charge in [0, 0.05) is 13.2 Å². The Kier molecular flexibility index (Phi) is 4.71. The van der Waals surface area contributed by atoms with Crippen molar-refractivity contribution in [1.82, 2.24) is 15.0 Å². The van der Waals surface area contributed by atoms with Crippen LogP contribution in [-0.4, -0.2) is 28.2 Å². The highest BCUT2D eigenvalue weighted by Gasteiger charge is 2.14. The molecule has 0 bridgehead atoms. The van der Waals surface area contributed by atoms with E-state index in [-0.39, 0.29) is 0 Å². The Hall–Kier alpha value is -0.940. The van der Waals surface area contributed by atoms with Gasteiger partial charge in [0.15, 0.2) is 0 Å². The van der Waals surface area contributed by atoms with Crippen molar-refractivity contribution < 1.29 is 4.74 Å². The van der Waals surface area contributed by atoms with Crippen molar-refractivity contribution in [2.24, 2.45) is 5.73 Å². The summed E-state index contributed by atoms with van der Waals surface area (Å²) in [6.07, 6.45) is 0. The van der Waals surface area contributed by atoms with Gasteiger partial charge in [-0.2, -0.15) is 0 Å². The molecule has 5 nitrogen and oxygen atoms in total. The van der Waals surface area contributed by atoms with Crippen LogP contribution in [0.4, 0.5) is 0 Å². The highest BCUT2D eigenvalue weighted by Crippen LogP contribution is 2.16. The number of ether oxygens (including phenoxy) is 1. The number of rotatable bonds is 6. The summed E-state index contributed by atoms with van der Waals surface area (Å²) < 4.78 is 7.19. The third-order valence-corrected chi connectivity index (χ3v) is 2.24. The van der Waals surface area contributed by atoms with Crippen LogP contribution in [0.3, 0.4) is 0 Å². The van der Waals surface area contributed by atoms with Crippen LogP contribution in [-0.2, 0) is 17.8 Å². The molecule has 15 heavy (non-hydrogen) atoms. The Morgan fingerprint density at radius 1 is 1.47 bits per heavy atom. The summed E-state index contributed by atoms with van der Waals surface area (Å²) in [6, 6.07) is 0. The lowest BCUT2D eigenvalue weighted by atomic mass is 10.1. The van der Waals surface area contributed by atoms with Gasteiger partial charge in [-0.1, -0.05) is 19.1 Å². The first-order valence-corrected chi connectivity index (χ1v) is 5.40. The maximum Gasteiger partial charge on any atom is 0.0997 e. The normalized spacial score (nSPS) is 11.3. The molecular weight excluding hydrogens is 192 g/mol. The zero-order chi connectivity index (χ0) is 11.3. The molecule has 0 amide bonds. The summed E-state index contributed by atoms with van der Waals surface area (Å²) in [5.41, 5.74) is 7.62. The largest absolute Gasteiger partial charge is 0.380 e. The Morgan fingerprint density at radius 3 is 2.73 bits per heavy atom. The smallest absolute Gasteiger partial charge is 0.0997 e. The van der Waals surface area contributed by atoms with Crippen molar-refractivity contribution in [3.8, 4) is 0 Å². The Labute approximate surface area is 90.6 Å². The topological polar surface area (TPSA) is 66.0 Å². The van der Waals surface area contributed by atoms with E-state index in [2.05, 4.69) is 24.2 Å². The molecule has 1 rings (SSSR count). The van der Waals surface area contributed by atoms with Gasteiger partial charge in [0.1, 0.15) is 0 Å². The molecule has 0 aliphatic rings. The van der Waals surface area contributed by atoms with Crippen molar-refractivity contribution in [2.45, 2.75) is 39.8 Å². The van der Waals surface area contributed by atoms with Crippen molar-refractivity contribution in [3.05, 3.63) is 11.4 Å². The zero-order valence-corrected chi connectivity index (χ0v) is 9.73. The van der Waals surface area contributed by atoms with Crippen molar-refractivity contribution >= 4 is 0 Å². The van der Waals surface area contributed by atoms with E-state index in [1.54, 1.807) is 0 Å². The molecule has 0 atom stereocenters. The predicted octanol–water partition coefficient (Wildman–Crippen LogP) is 0.897. The quantitative estimate of drug-likeness (QED) is 0.711. The maximum absolute atomic E-state index is 5.61. The van der Waals surface area contributed by atoms with Crippen LogP contribution in [0.15, 0.2) is 0 Å². The fraction of sp³-hybridized carbons (Fsp3) is 0.800. The number of aromatic nitrogens is 3. The lowest BCUT2D eigenvalue weighted by Gasteiger charge is -2.10. The minimum atomic E-state index is 0.389. The first kappa shape index (κ1) is 12.1. The number of nitrogens with two attached hydrogens (primary N) is 1. The molecule has 5 heteroatoms. The molecule has 2 N–H and O–H groups in total. The SMILES string of the molecule is CCOCCn1nnc(CN)c1C(C)C. The van der Waals surface area contributed by atoms with E-state index >= 15 is 0 Å². The summed E-state index contributed by atoms with van der Waals surface area (Å²) in [5, 5.41) is 8.15. The fourth-order valence-electron chi connectivity index (χ4n) is 1.59. The monoisotopic (exact) mass is 212 g/mol. The molecule has 1 aromatic heterocycles.